The number of likely N-dealkylation sites (tertiary alicyclic amines) is 1. The molecule has 1 saturated carbocycles. The summed E-state index contributed by atoms with van der Waals surface area (Å²) in [6.07, 6.45) is 7.16. The molecule has 1 amide bonds. The summed E-state index contributed by atoms with van der Waals surface area (Å²) in [5.74, 6) is -1.45. The van der Waals surface area contributed by atoms with Gasteiger partial charge in [-0.15, -0.1) is 0 Å². The smallest absolute Gasteiger partial charge is 0.337 e. The third kappa shape index (κ3) is 5.27. The Morgan fingerprint density at radius 3 is 2.41 bits per heavy atom. The minimum Gasteiger partial charge on any atom is -0.490 e. The molecule has 0 radical (unpaired) electrons. The number of carbonyl (C=O) groups excluding carboxylic acids is 1. The number of hydrogen-bond acceptors (Lipinski definition) is 5. The number of amides is 1. The van der Waals surface area contributed by atoms with Crippen molar-refractivity contribution >= 4 is 22.9 Å². The summed E-state index contributed by atoms with van der Waals surface area (Å²) >= 11 is 0. The molecule has 236 valence electrons. The number of ether oxygens (including phenoxy) is 2. The first-order valence-corrected chi connectivity index (χ1v) is 16.0. The van der Waals surface area contributed by atoms with Crippen molar-refractivity contribution in [3.8, 4) is 16.9 Å². The molecule has 6 rings (SSSR count). The van der Waals surface area contributed by atoms with Crippen LogP contribution in [0.1, 0.15) is 105 Å². The SMILES string of the molecule is Cc1nc2c(cc(C(=O)N3CCC4(CCCC4)CC3)n2C)c(-c2cc(F)c3c(c2C)CCCO3)c1[C@H](OC(C)(C)C)C(=O)O. The molecule has 44 heavy (non-hydrogen) atoms. The lowest BCUT2D eigenvalue weighted by Crippen LogP contribution is -2.42. The van der Waals surface area contributed by atoms with Gasteiger partial charge in [-0.2, -0.15) is 0 Å². The monoisotopic (exact) mass is 605 g/mol. The van der Waals surface area contributed by atoms with Crippen molar-refractivity contribution < 1.29 is 28.6 Å². The van der Waals surface area contributed by atoms with Gasteiger partial charge in [-0.25, -0.2) is 14.2 Å². The third-order valence-corrected chi connectivity index (χ3v) is 10.1. The van der Waals surface area contributed by atoms with Gasteiger partial charge in [0.1, 0.15) is 11.3 Å². The van der Waals surface area contributed by atoms with E-state index in [9.17, 15) is 14.7 Å². The highest BCUT2D eigenvalue weighted by atomic mass is 19.1. The molecule has 1 spiro atoms. The second-order valence-corrected chi connectivity index (χ2v) is 14.1. The Kier molecular flexibility index (Phi) is 7.75. The molecule has 1 N–H and O–H groups in total. The van der Waals surface area contributed by atoms with Crippen molar-refractivity contribution in [1.29, 1.82) is 0 Å². The van der Waals surface area contributed by atoms with Crippen LogP contribution in [-0.2, 0) is 23.0 Å². The van der Waals surface area contributed by atoms with Crippen molar-refractivity contribution in [2.75, 3.05) is 19.7 Å². The molecule has 4 heterocycles. The van der Waals surface area contributed by atoms with Gasteiger partial charge in [0, 0.05) is 47.9 Å². The normalized spacial score (nSPS) is 18.8. The number of nitrogens with zero attached hydrogens (tertiary/aromatic N) is 3. The number of carboxylic acids is 1. The molecule has 1 aliphatic carbocycles. The highest BCUT2D eigenvalue weighted by Crippen LogP contribution is 2.47. The summed E-state index contributed by atoms with van der Waals surface area (Å²) in [5.41, 5.74) is 4.15. The number of halogens is 1. The fraction of sp³-hybridized carbons (Fsp3) is 0.571. The number of carbonyl (C=O) groups is 2. The number of pyridine rings is 1. The van der Waals surface area contributed by atoms with Crippen LogP contribution in [-0.4, -0.2) is 56.7 Å². The number of aliphatic carboxylic acids is 1. The van der Waals surface area contributed by atoms with E-state index < -0.39 is 23.5 Å². The standard InChI is InChI=1S/C35H44FN3O5/c1-20-22-10-9-17-43-29(22)25(36)18-23(20)28-24-19-26(32(40)39-15-13-35(14-16-39)11-7-8-12-35)38(6)31(24)37-21(2)27(28)30(33(41)42)44-34(3,4)5/h18-19,30H,7-17H2,1-6H3,(H,41,42)/t30-/m0/s1. The zero-order chi connectivity index (χ0) is 31.6. The molecule has 2 fully saturated rings. The average Bonchev–Trinajstić information content (AvgIpc) is 3.57. The molecule has 2 aromatic heterocycles. The van der Waals surface area contributed by atoms with E-state index in [-0.39, 0.29) is 11.7 Å². The quantitative estimate of drug-likeness (QED) is 0.335. The maximum Gasteiger partial charge on any atom is 0.337 e. The Hall–Kier alpha value is -3.46. The number of benzene rings is 1. The van der Waals surface area contributed by atoms with E-state index in [0.29, 0.717) is 57.6 Å². The fourth-order valence-corrected chi connectivity index (χ4v) is 7.75. The molecule has 3 aromatic rings. The zero-order valence-corrected chi connectivity index (χ0v) is 26.8. The van der Waals surface area contributed by atoms with Gasteiger partial charge in [-0.05, 0) is 102 Å². The van der Waals surface area contributed by atoms with Crippen molar-refractivity contribution in [2.45, 2.75) is 97.7 Å². The first kappa shape index (κ1) is 30.6. The van der Waals surface area contributed by atoms with Gasteiger partial charge in [-0.1, -0.05) is 12.8 Å². The van der Waals surface area contributed by atoms with Crippen LogP contribution in [0.25, 0.3) is 22.2 Å². The number of carboxylic acid groups (broad SMARTS) is 1. The molecule has 0 unspecified atom stereocenters. The summed E-state index contributed by atoms with van der Waals surface area (Å²) in [4.78, 5) is 33.7. The molecule has 1 saturated heterocycles. The number of aryl methyl sites for hydroxylation is 2. The molecule has 2 aliphatic heterocycles. The van der Waals surface area contributed by atoms with E-state index >= 15 is 4.39 Å². The number of piperidine rings is 1. The lowest BCUT2D eigenvalue weighted by molar-refractivity contribution is -0.160. The second-order valence-electron chi connectivity index (χ2n) is 14.1. The molecule has 1 aromatic carbocycles. The van der Waals surface area contributed by atoms with Gasteiger partial charge in [0.15, 0.2) is 17.7 Å². The van der Waals surface area contributed by atoms with Crippen LogP contribution in [0.5, 0.6) is 5.75 Å². The van der Waals surface area contributed by atoms with E-state index in [1.807, 2.05) is 24.9 Å². The number of aromatic nitrogens is 2. The van der Waals surface area contributed by atoms with Crippen molar-refractivity contribution in [3.05, 3.63) is 46.0 Å². The van der Waals surface area contributed by atoms with Gasteiger partial charge in [0.2, 0.25) is 0 Å². The van der Waals surface area contributed by atoms with Crippen molar-refractivity contribution in [3.63, 3.8) is 0 Å². The molecular weight excluding hydrogens is 561 g/mol. The third-order valence-electron chi connectivity index (χ3n) is 10.1. The Morgan fingerprint density at radius 1 is 1.09 bits per heavy atom. The number of fused-ring (bicyclic) bond motifs is 2. The topological polar surface area (TPSA) is 93.9 Å². The molecule has 9 heteroatoms. The fourth-order valence-electron chi connectivity index (χ4n) is 7.75. The highest BCUT2D eigenvalue weighted by molar-refractivity contribution is 6.04. The van der Waals surface area contributed by atoms with Crippen LogP contribution < -0.4 is 4.74 Å². The van der Waals surface area contributed by atoms with Gasteiger partial charge >= 0.3 is 5.97 Å². The molecular formula is C35H44FN3O5. The van der Waals surface area contributed by atoms with E-state index in [1.54, 1.807) is 32.3 Å². The van der Waals surface area contributed by atoms with Crippen LogP contribution in [0.3, 0.4) is 0 Å². The predicted octanol–water partition coefficient (Wildman–Crippen LogP) is 7.06. The zero-order valence-electron chi connectivity index (χ0n) is 26.8. The van der Waals surface area contributed by atoms with Crippen LogP contribution in [0.4, 0.5) is 4.39 Å². The summed E-state index contributed by atoms with van der Waals surface area (Å²) in [7, 11) is 1.82. The van der Waals surface area contributed by atoms with Crippen LogP contribution in [0.15, 0.2) is 12.1 Å². The minimum atomic E-state index is -1.36. The van der Waals surface area contributed by atoms with Crippen molar-refractivity contribution in [1.82, 2.24) is 14.5 Å². The Balaban J connectivity index is 1.55. The minimum absolute atomic E-state index is 0.0639. The first-order chi connectivity index (χ1) is 20.8. The Bertz CT molecular complexity index is 1640. The lowest BCUT2D eigenvalue weighted by atomic mass is 9.77. The van der Waals surface area contributed by atoms with E-state index in [2.05, 4.69) is 0 Å². The number of hydrogen-bond donors (Lipinski definition) is 1. The molecule has 8 nitrogen and oxygen atoms in total. The maximum absolute atomic E-state index is 15.7. The Morgan fingerprint density at radius 2 is 1.77 bits per heavy atom. The molecule has 0 bridgehead atoms. The molecule has 1 atom stereocenters. The van der Waals surface area contributed by atoms with Gasteiger partial charge in [0.25, 0.3) is 5.91 Å². The van der Waals surface area contributed by atoms with E-state index in [1.165, 1.54) is 31.7 Å². The Labute approximate surface area is 258 Å². The summed E-state index contributed by atoms with van der Waals surface area (Å²) in [5, 5.41) is 11.1. The second kappa shape index (κ2) is 11.2. The predicted molar refractivity (Wildman–Crippen MR) is 167 cm³/mol. The van der Waals surface area contributed by atoms with Crippen LogP contribution >= 0.6 is 0 Å². The van der Waals surface area contributed by atoms with E-state index in [0.717, 1.165) is 43.5 Å². The summed E-state index contributed by atoms with van der Waals surface area (Å²) < 4.78 is 29.3. The molecule has 3 aliphatic rings. The van der Waals surface area contributed by atoms with Gasteiger partial charge in [0.05, 0.1) is 12.2 Å². The number of rotatable bonds is 5. The van der Waals surface area contributed by atoms with Gasteiger partial charge < -0.3 is 24.0 Å². The largest absolute Gasteiger partial charge is 0.490 e. The van der Waals surface area contributed by atoms with E-state index in [4.69, 9.17) is 14.5 Å². The van der Waals surface area contributed by atoms with Crippen LogP contribution in [0, 0.1) is 25.1 Å². The summed E-state index contributed by atoms with van der Waals surface area (Å²) in [6, 6.07) is 3.25. The lowest BCUT2D eigenvalue weighted by Gasteiger charge is -2.39. The van der Waals surface area contributed by atoms with Gasteiger partial charge in [-0.3, -0.25) is 4.79 Å². The first-order valence-electron chi connectivity index (χ1n) is 16.0. The highest BCUT2D eigenvalue weighted by Gasteiger charge is 2.39. The summed E-state index contributed by atoms with van der Waals surface area (Å²) in [6.45, 7) is 11.0. The van der Waals surface area contributed by atoms with Crippen molar-refractivity contribution in [2.24, 2.45) is 12.5 Å². The average molecular weight is 606 g/mol. The van der Waals surface area contributed by atoms with Crippen LogP contribution in [0.2, 0.25) is 0 Å². The maximum atomic E-state index is 15.7.